The predicted octanol–water partition coefficient (Wildman–Crippen LogP) is 3.45. The molecule has 0 atom stereocenters. The monoisotopic (exact) mass is 401 g/mol. The van der Waals surface area contributed by atoms with Gasteiger partial charge in [0, 0.05) is 18.8 Å². The zero-order valence-corrected chi connectivity index (χ0v) is 17.3. The molecule has 6 nitrogen and oxygen atoms in total. The van der Waals surface area contributed by atoms with Gasteiger partial charge in [-0.25, -0.2) is 4.98 Å². The lowest BCUT2D eigenvalue weighted by Gasteiger charge is -2.26. The topological polar surface area (TPSA) is 71.5 Å². The molecule has 1 aliphatic heterocycles. The van der Waals surface area contributed by atoms with Gasteiger partial charge in [-0.05, 0) is 37.5 Å². The van der Waals surface area contributed by atoms with Crippen LogP contribution in [0.15, 0.2) is 24.3 Å². The first-order chi connectivity index (χ1) is 13.6. The molecule has 3 rings (SSSR count). The SMILES string of the molecule is CCCCc1nc(C)c(C(=O)Nc2ccc(CC(=O)N3CCOCC3)cc2)s1. The van der Waals surface area contributed by atoms with Gasteiger partial charge in [0.05, 0.1) is 30.3 Å². The van der Waals surface area contributed by atoms with Crippen molar-refractivity contribution < 1.29 is 14.3 Å². The number of nitrogens with zero attached hydrogens (tertiary/aromatic N) is 2. The molecule has 28 heavy (non-hydrogen) atoms. The van der Waals surface area contributed by atoms with Crippen molar-refractivity contribution in [2.75, 3.05) is 31.6 Å². The van der Waals surface area contributed by atoms with Crippen LogP contribution < -0.4 is 5.32 Å². The molecular weight excluding hydrogens is 374 g/mol. The molecule has 0 aliphatic carbocycles. The van der Waals surface area contributed by atoms with Crippen molar-refractivity contribution >= 4 is 28.8 Å². The number of anilines is 1. The van der Waals surface area contributed by atoms with Crippen molar-refractivity contribution in [2.24, 2.45) is 0 Å². The van der Waals surface area contributed by atoms with Crippen LogP contribution in [0.3, 0.4) is 0 Å². The molecule has 150 valence electrons. The van der Waals surface area contributed by atoms with Crippen molar-refractivity contribution in [3.8, 4) is 0 Å². The minimum atomic E-state index is -0.130. The summed E-state index contributed by atoms with van der Waals surface area (Å²) in [6.45, 7) is 6.54. The summed E-state index contributed by atoms with van der Waals surface area (Å²) in [5, 5.41) is 3.95. The van der Waals surface area contributed by atoms with Crippen LogP contribution >= 0.6 is 11.3 Å². The molecule has 0 radical (unpaired) electrons. The van der Waals surface area contributed by atoms with Gasteiger partial charge in [-0.2, -0.15) is 0 Å². The molecule has 0 saturated carbocycles. The number of hydrogen-bond donors (Lipinski definition) is 1. The highest BCUT2D eigenvalue weighted by molar-refractivity contribution is 7.13. The van der Waals surface area contributed by atoms with Crippen molar-refractivity contribution in [2.45, 2.75) is 39.5 Å². The van der Waals surface area contributed by atoms with Crippen LogP contribution in [0.5, 0.6) is 0 Å². The van der Waals surface area contributed by atoms with E-state index in [1.807, 2.05) is 36.1 Å². The second-order valence-corrected chi connectivity index (χ2v) is 8.03. The smallest absolute Gasteiger partial charge is 0.267 e. The van der Waals surface area contributed by atoms with Gasteiger partial charge >= 0.3 is 0 Å². The Labute approximate surface area is 169 Å². The number of aryl methyl sites for hydroxylation is 2. The van der Waals surface area contributed by atoms with Crippen molar-refractivity contribution in [1.29, 1.82) is 0 Å². The van der Waals surface area contributed by atoms with Gasteiger partial charge in [0.2, 0.25) is 5.91 Å². The summed E-state index contributed by atoms with van der Waals surface area (Å²) in [6.07, 6.45) is 3.48. The average molecular weight is 402 g/mol. The van der Waals surface area contributed by atoms with Crippen LogP contribution in [0.25, 0.3) is 0 Å². The molecule has 1 N–H and O–H groups in total. The maximum atomic E-state index is 12.6. The van der Waals surface area contributed by atoms with E-state index < -0.39 is 0 Å². The van der Waals surface area contributed by atoms with Gasteiger partial charge < -0.3 is 15.0 Å². The van der Waals surface area contributed by atoms with E-state index in [0.29, 0.717) is 37.6 Å². The third-order valence-electron chi connectivity index (χ3n) is 4.72. The van der Waals surface area contributed by atoms with Gasteiger partial charge in [0.25, 0.3) is 5.91 Å². The summed E-state index contributed by atoms with van der Waals surface area (Å²) < 4.78 is 5.28. The third-order valence-corrected chi connectivity index (χ3v) is 5.94. The van der Waals surface area contributed by atoms with Gasteiger partial charge in [0.15, 0.2) is 0 Å². The lowest BCUT2D eigenvalue weighted by molar-refractivity contribution is -0.134. The highest BCUT2D eigenvalue weighted by Crippen LogP contribution is 2.21. The van der Waals surface area contributed by atoms with E-state index in [0.717, 1.165) is 41.2 Å². The molecule has 1 aromatic carbocycles. The van der Waals surface area contributed by atoms with Gasteiger partial charge in [-0.3, -0.25) is 9.59 Å². The highest BCUT2D eigenvalue weighted by Gasteiger charge is 2.18. The number of nitrogens with one attached hydrogen (secondary N) is 1. The largest absolute Gasteiger partial charge is 0.378 e. The number of ether oxygens (including phenoxy) is 1. The summed E-state index contributed by atoms with van der Waals surface area (Å²) in [5.74, 6) is -0.0186. The minimum Gasteiger partial charge on any atom is -0.378 e. The highest BCUT2D eigenvalue weighted by atomic mass is 32.1. The van der Waals surface area contributed by atoms with E-state index in [1.165, 1.54) is 11.3 Å². The second-order valence-electron chi connectivity index (χ2n) is 6.95. The molecule has 1 aliphatic rings. The molecular formula is C21H27N3O3S. The summed E-state index contributed by atoms with van der Waals surface area (Å²) in [4.78, 5) is 31.9. The number of amides is 2. The third kappa shape index (κ3) is 5.39. The second kappa shape index (κ2) is 9.80. The first-order valence-electron chi connectivity index (χ1n) is 9.79. The molecule has 0 unspecified atom stereocenters. The molecule has 1 fully saturated rings. The van der Waals surface area contributed by atoms with E-state index in [9.17, 15) is 9.59 Å². The number of benzene rings is 1. The van der Waals surface area contributed by atoms with Crippen LogP contribution in [0, 0.1) is 6.92 Å². The number of rotatable bonds is 7. The zero-order valence-electron chi connectivity index (χ0n) is 16.5. The molecule has 2 amide bonds. The van der Waals surface area contributed by atoms with Crippen molar-refractivity contribution in [3.63, 3.8) is 0 Å². The van der Waals surface area contributed by atoms with Crippen LogP contribution in [0.1, 0.15) is 45.7 Å². The summed E-state index contributed by atoms with van der Waals surface area (Å²) in [6, 6.07) is 7.46. The normalized spacial score (nSPS) is 14.1. The number of aromatic nitrogens is 1. The van der Waals surface area contributed by atoms with Gasteiger partial charge in [-0.15, -0.1) is 11.3 Å². The maximum absolute atomic E-state index is 12.6. The summed E-state index contributed by atoms with van der Waals surface area (Å²) >= 11 is 1.47. The van der Waals surface area contributed by atoms with Crippen LogP contribution in [0.2, 0.25) is 0 Å². The first-order valence-corrected chi connectivity index (χ1v) is 10.6. The fraction of sp³-hybridized carbons (Fsp3) is 0.476. The lowest BCUT2D eigenvalue weighted by Crippen LogP contribution is -2.41. The molecule has 0 spiro atoms. The fourth-order valence-electron chi connectivity index (χ4n) is 3.09. The average Bonchev–Trinajstić information content (AvgIpc) is 3.09. The Morgan fingerprint density at radius 1 is 1.21 bits per heavy atom. The van der Waals surface area contributed by atoms with Crippen molar-refractivity contribution in [1.82, 2.24) is 9.88 Å². The lowest BCUT2D eigenvalue weighted by atomic mass is 10.1. The molecule has 2 aromatic rings. The number of carbonyl (C=O) groups is 2. The molecule has 7 heteroatoms. The standard InChI is InChI=1S/C21H27N3O3S/c1-3-4-5-18-22-15(2)20(28-18)21(26)23-17-8-6-16(7-9-17)14-19(25)24-10-12-27-13-11-24/h6-9H,3-5,10-14H2,1-2H3,(H,23,26). The minimum absolute atomic E-state index is 0.111. The number of morpholine rings is 1. The van der Waals surface area contributed by atoms with Crippen molar-refractivity contribution in [3.05, 3.63) is 45.4 Å². The van der Waals surface area contributed by atoms with E-state index in [4.69, 9.17) is 4.74 Å². The van der Waals surface area contributed by atoms with Gasteiger partial charge in [-0.1, -0.05) is 25.5 Å². The Morgan fingerprint density at radius 3 is 2.61 bits per heavy atom. The molecule has 2 heterocycles. The Bertz CT molecular complexity index is 811. The Morgan fingerprint density at radius 2 is 1.93 bits per heavy atom. The number of unbranched alkanes of at least 4 members (excludes halogenated alkanes) is 1. The first kappa shape index (κ1) is 20.5. The van der Waals surface area contributed by atoms with Crippen LogP contribution in [0.4, 0.5) is 5.69 Å². The van der Waals surface area contributed by atoms with Crippen LogP contribution in [-0.2, 0) is 22.4 Å². The Kier molecular flexibility index (Phi) is 7.17. The Balaban J connectivity index is 1.57. The number of carbonyl (C=O) groups excluding carboxylic acids is 2. The van der Waals surface area contributed by atoms with Gasteiger partial charge in [0.1, 0.15) is 4.88 Å². The Hall–Kier alpha value is -2.25. The molecule has 1 saturated heterocycles. The van der Waals surface area contributed by atoms with Crippen LogP contribution in [-0.4, -0.2) is 48.0 Å². The summed E-state index contributed by atoms with van der Waals surface area (Å²) in [7, 11) is 0. The molecule has 0 bridgehead atoms. The van der Waals surface area contributed by atoms with E-state index >= 15 is 0 Å². The van der Waals surface area contributed by atoms with E-state index in [-0.39, 0.29) is 11.8 Å². The number of thiazole rings is 1. The number of hydrogen-bond acceptors (Lipinski definition) is 5. The maximum Gasteiger partial charge on any atom is 0.267 e. The quantitative estimate of drug-likeness (QED) is 0.771. The van der Waals surface area contributed by atoms with E-state index in [2.05, 4.69) is 17.2 Å². The summed E-state index contributed by atoms with van der Waals surface area (Å²) in [5.41, 5.74) is 2.43. The zero-order chi connectivity index (χ0) is 19.9. The fourth-order valence-corrected chi connectivity index (χ4v) is 4.09. The predicted molar refractivity (Wildman–Crippen MR) is 111 cm³/mol. The van der Waals surface area contributed by atoms with E-state index in [1.54, 1.807) is 0 Å². The molecule has 1 aromatic heterocycles.